The van der Waals surface area contributed by atoms with Gasteiger partial charge in [0.2, 0.25) is 0 Å². The van der Waals surface area contributed by atoms with Crippen molar-refractivity contribution in [1.29, 1.82) is 0 Å². The number of amides is 1. The van der Waals surface area contributed by atoms with Crippen molar-refractivity contribution >= 4 is 28.5 Å². The van der Waals surface area contributed by atoms with E-state index in [0.717, 1.165) is 34.4 Å². The fourth-order valence-corrected chi connectivity index (χ4v) is 4.58. The fraction of sp³-hybridized carbons (Fsp3) is 0.304. The lowest BCUT2D eigenvalue weighted by Gasteiger charge is -2.26. The first-order valence-electron chi connectivity index (χ1n) is 10.4. The van der Waals surface area contributed by atoms with Gasteiger partial charge in [0.15, 0.2) is 0 Å². The van der Waals surface area contributed by atoms with Crippen molar-refractivity contribution in [3.8, 4) is 5.69 Å². The van der Waals surface area contributed by atoms with Crippen molar-refractivity contribution in [2.75, 3.05) is 6.54 Å². The molecule has 31 heavy (non-hydrogen) atoms. The highest BCUT2D eigenvalue weighted by Crippen LogP contribution is 2.38. The van der Waals surface area contributed by atoms with Crippen molar-refractivity contribution < 1.29 is 4.79 Å². The molecule has 0 radical (unpaired) electrons. The van der Waals surface area contributed by atoms with Crippen molar-refractivity contribution in [2.24, 2.45) is 5.92 Å². The zero-order valence-electron chi connectivity index (χ0n) is 17.6. The number of hydrogen-bond acceptors (Lipinski definition) is 4. The molecule has 1 aliphatic heterocycles. The van der Waals surface area contributed by atoms with E-state index >= 15 is 0 Å². The molecule has 0 aliphatic carbocycles. The minimum atomic E-state index is -0.142. The highest BCUT2D eigenvalue weighted by molar-refractivity contribution is 6.32. The first kappa shape index (κ1) is 19.8. The number of nitrogens with zero attached hydrogens (tertiary/aromatic N) is 5. The van der Waals surface area contributed by atoms with Crippen molar-refractivity contribution in [2.45, 2.75) is 33.2 Å². The highest BCUT2D eigenvalue weighted by atomic mass is 35.5. The van der Waals surface area contributed by atoms with E-state index < -0.39 is 0 Å². The molecule has 7 nitrogen and oxygen atoms in total. The van der Waals surface area contributed by atoms with E-state index in [-0.39, 0.29) is 17.9 Å². The van der Waals surface area contributed by atoms with Gasteiger partial charge in [0.1, 0.15) is 5.82 Å². The van der Waals surface area contributed by atoms with Crippen LogP contribution in [0.3, 0.4) is 0 Å². The number of carbonyl (C=O) groups is 1. The molecule has 2 atom stereocenters. The van der Waals surface area contributed by atoms with Gasteiger partial charge in [-0.3, -0.25) is 4.79 Å². The Morgan fingerprint density at radius 3 is 2.71 bits per heavy atom. The minimum absolute atomic E-state index is 0.0411. The van der Waals surface area contributed by atoms with Gasteiger partial charge in [-0.1, -0.05) is 30.2 Å². The molecule has 0 saturated carbocycles. The number of benzene rings is 2. The molecule has 0 bridgehead atoms. The molecule has 2 aromatic carbocycles. The summed E-state index contributed by atoms with van der Waals surface area (Å²) in [5.41, 5.74) is 5.00. The predicted octanol–water partition coefficient (Wildman–Crippen LogP) is 4.64. The molecular weight excluding hydrogens is 412 g/mol. The smallest absolute Gasteiger partial charge is 0.256 e. The number of aromatic amines is 1. The van der Waals surface area contributed by atoms with E-state index in [1.165, 1.54) is 4.80 Å². The molecule has 1 saturated heterocycles. The number of hydrogen-bond donors (Lipinski definition) is 1. The summed E-state index contributed by atoms with van der Waals surface area (Å²) in [6.45, 7) is 6.78. The molecule has 1 fully saturated rings. The van der Waals surface area contributed by atoms with Crippen LogP contribution >= 0.6 is 11.6 Å². The lowest BCUT2D eigenvalue weighted by atomic mass is 10.0. The molecule has 2 aromatic heterocycles. The summed E-state index contributed by atoms with van der Waals surface area (Å²) in [5.74, 6) is 1.03. The maximum absolute atomic E-state index is 13.8. The first-order chi connectivity index (χ1) is 14.9. The number of fused-ring (bicyclic) bond motifs is 1. The van der Waals surface area contributed by atoms with E-state index in [1.807, 2.05) is 49.1 Å². The van der Waals surface area contributed by atoms with E-state index in [0.29, 0.717) is 22.8 Å². The third kappa shape index (κ3) is 3.29. The minimum Gasteiger partial charge on any atom is -0.340 e. The lowest BCUT2D eigenvalue weighted by Crippen LogP contribution is -2.33. The average molecular weight is 435 g/mol. The van der Waals surface area contributed by atoms with Gasteiger partial charge in [0, 0.05) is 11.6 Å². The van der Waals surface area contributed by atoms with Crippen molar-refractivity contribution in [3.63, 3.8) is 0 Å². The lowest BCUT2D eigenvalue weighted by molar-refractivity contribution is 0.0714. The van der Waals surface area contributed by atoms with Crippen LogP contribution in [0, 0.1) is 19.8 Å². The van der Waals surface area contributed by atoms with Crippen LogP contribution in [-0.2, 0) is 0 Å². The maximum Gasteiger partial charge on any atom is 0.256 e. The summed E-state index contributed by atoms with van der Waals surface area (Å²) >= 11 is 6.29. The Hall–Kier alpha value is -3.19. The van der Waals surface area contributed by atoms with Gasteiger partial charge in [-0.25, -0.2) is 4.98 Å². The Bertz CT molecular complexity index is 1280. The summed E-state index contributed by atoms with van der Waals surface area (Å²) in [7, 11) is 0. The van der Waals surface area contributed by atoms with Gasteiger partial charge in [0.25, 0.3) is 5.91 Å². The summed E-state index contributed by atoms with van der Waals surface area (Å²) in [5, 5.41) is 9.15. The Kier molecular flexibility index (Phi) is 4.78. The Morgan fingerprint density at radius 1 is 1.16 bits per heavy atom. The second-order valence-corrected chi connectivity index (χ2v) is 8.65. The van der Waals surface area contributed by atoms with Crippen LogP contribution in [0.5, 0.6) is 0 Å². The van der Waals surface area contributed by atoms with Crippen LogP contribution in [0.25, 0.3) is 16.7 Å². The molecule has 158 valence electrons. The maximum atomic E-state index is 13.8. The van der Waals surface area contributed by atoms with Crippen LogP contribution in [0.1, 0.15) is 46.7 Å². The number of rotatable bonds is 3. The standard InChI is InChI=1S/C23H23ClN6O/c1-13-4-7-19(30-25-9-10-26-30)16(12-13)23(31)29-11-8-14(2)21(29)22-27-18-6-5-17(24)15(3)20(18)28-22/h4-7,9-10,12,14,21H,8,11H2,1-3H3,(H,27,28)/t14-,21-/m0/s1. The average Bonchev–Trinajstić information content (AvgIpc) is 3.50. The summed E-state index contributed by atoms with van der Waals surface area (Å²) in [4.78, 5) is 25.5. The zero-order chi connectivity index (χ0) is 21.7. The van der Waals surface area contributed by atoms with E-state index in [2.05, 4.69) is 22.1 Å². The predicted molar refractivity (Wildman–Crippen MR) is 119 cm³/mol. The van der Waals surface area contributed by atoms with Gasteiger partial charge in [-0.2, -0.15) is 15.0 Å². The molecule has 1 amide bonds. The number of H-pyrrole nitrogens is 1. The first-order valence-corrected chi connectivity index (χ1v) is 10.7. The zero-order valence-corrected chi connectivity index (χ0v) is 18.4. The van der Waals surface area contributed by atoms with Gasteiger partial charge >= 0.3 is 0 Å². The van der Waals surface area contributed by atoms with Gasteiger partial charge in [-0.15, -0.1) is 0 Å². The molecule has 5 rings (SSSR count). The molecule has 8 heteroatoms. The second-order valence-electron chi connectivity index (χ2n) is 8.24. The molecule has 3 heterocycles. The van der Waals surface area contributed by atoms with Crippen LogP contribution in [-0.4, -0.2) is 42.3 Å². The molecule has 1 N–H and O–H groups in total. The second kappa shape index (κ2) is 7.50. The monoisotopic (exact) mass is 434 g/mol. The number of nitrogens with one attached hydrogen (secondary N) is 1. The molecular formula is C23H23ClN6O. The Labute approximate surface area is 185 Å². The topological polar surface area (TPSA) is 79.7 Å². The number of imidazole rings is 1. The van der Waals surface area contributed by atoms with E-state index in [9.17, 15) is 4.79 Å². The van der Waals surface area contributed by atoms with E-state index in [4.69, 9.17) is 16.6 Å². The molecule has 4 aromatic rings. The normalized spacial score (nSPS) is 18.8. The molecule has 1 aliphatic rings. The quantitative estimate of drug-likeness (QED) is 0.509. The van der Waals surface area contributed by atoms with Crippen LogP contribution in [0.4, 0.5) is 0 Å². The highest BCUT2D eigenvalue weighted by Gasteiger charge is 2.39. The van der Waals surface area contributed by atoms with Gasteiger partial charge in [-0.05, 0) is 56.0 Å². The van der Waals surface area contributed by atoms with Crippen LogP contribution in [0.2, 0.25) is 5.02 Å². The van der Waals surface area contributed by atoms with Crippen molar-refractivity contribution in [3.05, 3.63) is 70.3 Å². The third-order valence-electron chi connectivity index (χ3n) is 6.12. The van der Waals surface area contributed by atoms with Gasteiger partial charge in [0.05, 0.1) is 40.7 Å². The SMILES string of the molecule is Cc1ccc(-n2nccn2)c(C(=O)N2CC[C@H](C)[C@H]2c2nc3c(C)c(Cl)ccc3[nH]2)c1. The van der Waals surface area contributed by atoms with Crippen LogP contribution < -0.4 is 0 Å². The summed E-state index contributed by atoms with van der Waals surface area (Å²) < 4.78 is 0. The number of halogens is 1. The number of aryl methyl sites for hydroxylation is 2. The third-order valence-corrected chi connectivity index (χ3v) is 6.53. The fourth-order valence-electron chi connectivity index (χ4n) is 4.43. The Balaban J connectivity index is 1.57. The largest absolute Gasteiger partial charge is 0.340 e. The number of likely N-dealkylation sites (tertiary alicyclic amines) is 1. The summed E-state index contributed by atoms with van der Waals surface area (Å²) in [6.07, 6.45) is 4.13. The summed E-state index contributed by atoms with van der Waals surface area (Å²) in [6, 6.07) is 9.43. The number of aromatic nitrogens is 5. The number of carbonyl (C=O) groups excluding carboxylic acids is 1. The molecule has 0 spiro atoms. The van der Waals surface area contributed by atoms with E-state index in [1.54, 1.807) is 12.4 Å². The Morgan fingerprint density at radius 2 is 1.94 bits per heavy atom. The van der Waals surface area contributed by atoms with Crippen LogP contribution in [0.15, 0.2) is 42.7 Å². The van der Waals surface area contributed by atoms with Crippen molar-refractivity contribution in [1.82, 2.24) is 29.9 Å². The van der Waals surface area contributed by atoms with Gasteiger partial charge < -0.3 is 9.88 Å². The molecule has 0 unspecified atom stereocenters.